The maximum Gasteiger partial charge on any atom is 0.213 e. The summed E-state index contributed by atoms with van der Waals surface area (Å²) in [6.45, 7) is 1.40. The van der Waals surface area contributed by atoms with Crippen molar-refractivity contribution in [3.05, 3.63) is 53.7 Å². The van der Waals surface area contributed by atoms with Crippen molar-refractivity contribution in [3.63, 3.8) is 0 Å². The van der Waals surface area contributed by atoms with Crippen LogP contribution >= 0.6 is 24.0 Å². The Bertz CT molecular complexity index is 677. The summed E-state index contributed by atoms with van der Waals surface area (Å²) in [5.74, 6) is 2.29. The molecule has 0 saturated heterocycles. The molecule has 0 radical (unpaired) electrons. The Morgan fingerprint density at radius 3 is 2.44 bits per heavy atom. The van der Waals surface area contributed by atoms with Crippen LogP contribution < -0.4 is 14.8 Å². The molecule has 25 heavy (non-hydrogen) atoms. The molecule has 0 atom stereocenters. The summed E-state index contributed by atoms with van der Waals surface area (Å²) >= 11 is 0. The molecule has 0 amide bonds. The van der Waals surface area contributed by atoms with Gasteiger partial charge in [0, 0.05) is 39.4 Å². The summed E-state index contributed by atoms with van der Waals surface area (Å²) in [6, 6.07) is 11.9. The first-order valence-corrected chi connectivity index (χ1v) is 7.70. The van der Waals surface area contributed by atoms with Crippen LogP contribution in [0.25, 0.3) is 0 Å². The van der Waals surface area contributed by atoms with Crippen molar-refractivity contribution in [2.24, 2.45) is 4.99 Å². The zero-order valence-corrected chi connectivity index (χ0v) is 17.4. The fraction of sp³-hybridized carbons (Fsp3) is 0.333. The molecule has 0 aliphatic rings. The van der Waals surface area contributed by atoms with Crippen molar-refractivity contribution in [1.82, 2.24) is 15.2 Å². The van der Waals surface area contributed by atoms with Crippen LogP contribution in [0.15, 0.2) is 47.6 Å². The van der Waals surface area contributed by atoms with Gasteiger partial charge >= 0.3 is 0 Å². The van der Waals surface area contributed by atoms with E-state index < -0.39 is 0 Å². The van der Waals surface area contributed by atoms with Gasteiger partial charge in [-0.3, -0.25) is 4.99 Å². The zero-order chi connectivity index (χ0) is 17.4. The predicted molar refractivity (Wildman–Crippen MR) is 111 cm³/mol. The summed E-state index contributed by atoms with van der Waals surface area (Å²) < 4.78 is 10.3. The van der Waals surface area contributed by atoms with E-state index in [1.165, 1.54) is 5.56 Å². The lowest BCUT2D eigenvalue weighted by atomic mass is 10.2. The summed E-state index contributed by atoms with van der Waals surface area (Å²) in [5, 5.41) is 3.35. The molecule has 1 aromatic carbocycles. The van der Waals surface area contributed by atoms with Crippen LogP contribution in [-0.4, -0.2) is 44.2 Å². The number of pyridine rings is 1. The average Bonchev–Trinajstić information content (AvgIpc) is 2.63. The van der Waals surface area contributed by atoms with Gasteiger partial charge in [0.2, 0.25) is 5.88 Å². The Morgan fingerprint density at radius 1 is 1.12 bits per heavy atom. The smallest absolute Gasteiger partial charge is 0.213 e. The molecule has 0 aliphatic heterocycles. The topological polar surface area (TPSA) is 59.0 Å². The van der Waals surface area contributed by atoms with E-state index in [4.69, 9.17) is 9.47 Å². The van der Waals surface area contributed by atoms with Gasteiger partial charge in [-0.15, -0.1) is 24.0 Å². The molecule has 7 heteroatoms. The highest BCUT2D eigenvalue weighted by Crippen LogP contribution is 2.13. The molecule has 1 heterocycles. The quantitative estimate of drug-likeness (QED) is 0.412. The van der Waals surface area contributed by atoms with Crippen LogP contribution in [0, 0.1) is 0 Å². The molecule has 0 unspecified atom stereocenters. The maximum atomic E-state index is 5.18. The highest BCUT2D eigenvalue weighted by Gasteiger charge is 2.07. The van der Waals surface area contributed by atoms with Crippen molar-refractivity contribution >= 4 is 29.9 Å². The van der Waals surface area contributed by atoms with E-state index in [1.54, 1.807) is 27.5 Å². The molecule has 0 aliphatic carbocycles. The number of aliphatic imine (C=N–C) groups is 1. The minimum atomic E-state index is 0. The molecule has 0 saturated carbocycles. The number of hydrogen-bond donors (Lipinski definition) is 1. The fourth-order valence-corrected chi connectivity index (χ4v) is 2.32. The van der Waals surface area contributed by atoms with E-state index in [2.05, 4.69) is 32.3 Å². The van der Waals surface area contributed by atoms with Crippen LogP contribution in [0.3, 0.4) is 0 Å². The second kappa shape index (κ2) is 10.8. The molecule has 0 bridgehead atoms. The zero-order valence-electron chi connectivity index (χ0n) is 15.0. The lowest BCUT2D eigenvalue weighted by molar-refractivity contribution is 0.397. The van der Waals surface area contributed by atoms with Gasteiger partial charge in [-0.2, -0.15) is 0 Å². The number of nitrogens with one attached hydrogen (secondary N) is 1. The summed E-state index contributed by atoms with van der Waals surface area (Å²) in [6.07, 6.45) is 1.74. The van der Waals surface area contributed by atoms with E-state index in [0.717, 1.165) is 23.8 Å². The van der Waals surface area contributed by atoms with Crippen LogP contribution in [0.4, 0.5) is 0 Å². The highest BCUT2D eigenvalue weighted by molar-refractivity contribution is 14.0. The molecule has 2 aromatic rings. The number of rotatable bonds is 6. The van der Waals surface area contributed by atoms with Gasteiger partial charge in [-0.25, -0.2) is 4.98 Å². The van der Waals surface area contributed by atoms with Crippen LogP contribution in [0.2, 0.25) is 0 Å². The van der Waals surface area contributed by atoms with Gasteiger partial charge in [-0.1, -0.05) is 12.1 Å². The third-order valence-electron chi connectivity index (χ3n) is 3.61. The standard InChI is InChI=1S/C18H24N4O2.HI/c1-19-18(21-12-15-9-10-20-17(11-15)24-4)22(2)13-14-5-7-16(23-3)8-6-14;/h5-11H,12-13H2,1-4H3,(H,19,21);1H. The number of ether oxygens (including phenoxy) is 2. The van der Waals surface area contributed by atoms with Crippen LogP contribution in [0.5, 0.6) is 11.6 Å². The van der Waals surface area contributed by atoms with E-state index in [1.807, 2.05) is 31.3 Å². The number of hydrogen-bond acceptors (Lipinski definition) is 4. The van der Waals surface area contributed by atoms with Gasteiger partial charge in [0.05, 0.1) is 14.2 Å². The van der Waals surface area contributed by atoms with E-state index >= 15 is 0 Å². The lowest BCUT2D eigenvalue weighted by Gasteiger charge is -2.22. The van der Waals surface area contributed by atoms with Crippen molar-refractivity contribution in [3.8, 4) is 11.6 Å². The third-order valence-corrected chi connectivity index (χ3v) is 3.61. The summed E-state index contributed by atoms with van der Waals surface area (Å²) in [5.41, 5.74) is 2.27. The Morgan fingerprint density at radius 2 is 1.84 bits per heavy atom. The van der Waals surface area contributed by atoms with Gasteiger partial charge in [0.1, 0.15) is 5.75 Å². The minimum absolute atomic E-state index is 0. The van der Waals surface area contributed by atoms with Gasteiger partial charge in [0.25, 0.3) is 0 Å². The number of aromatic nitrogens is 1. The Balaban J connectivity index is 0.00000312. The summed E-state index contributed by atoms with van der Waals surface area (Å²) in [4.78, 5) is 10.5. The Labute approximate surface area is 166 Å². The van der Waals surface area contributed by atoms with Crippen LogP contribution in [0.1, 0.15) is 11.1 Å². The number of benzene rings is 1. The molecule has 2 rings (SSSR count). The third kappa shape index (κ3) is 6.41. The lowest BCUT2D eigenvalue weighted by Crippen LogP contribution is -2.38. The average molecular weight is 456 g/mol. The van der Waals surface area contributed by atoms with Gasteiger partial charge in [-0.05, 0) is 29.3 Å². The normalized spacial score (nSPS) is 10.6. The van der Waals surface area contributed by atoms with E-state index in [9.17, 15) is 0 Å². The first kappa shape index (κ1) is 21.0. The molecular weight excluding hydrogens is 431 g/mol. The fourth-order valence-electron chi connectivity index (χ4n) is 2.32. The Kier molecular flexibility index (Phi) is 9.04. The summed E-state index contributed by atoms with van der Waals surface area (Å²) in [7, 11) is 7.06. The minimum Gasteiger partial charge on any atom is -0.497 e. The van der Waals surface area contributed by atoms with Crippen molar-refractivity contribution in [2.45, 2.75) is 13.1 Å². The molecule has 1 N–H and O–H groups in total. The molecule has 0 spiro atoms. The Hall–Kier alpha value is -2.03. The monoisotopic (exact) mass is 456 g/mol. The van der Waals surface area contributed by atoms with Crippen molar-refractivity contribution < 1.29 is 9.47 Å². The number of nitrogens with zero attached hydrogens (tertiary/aromatic N) is 3. The molecule has 0 fully saturated rings. The second-order valence-corrected chi connectivity index (χ2v) is 5.31. The predicted octanol–water partition coefficient (Wildman–Crippen LogP) is 2.92. The van der Waals surface area contributed by atoms with Crippen LogP contribution in [-0.2, 0) is 13.1 Å². The number of methoxy groups -OCH3 is 2. The van der Waals surface area contributed by atoms with E-state index in [-0.39, 0.29) is 24.0 Å². The largest absolute Gasteiger partial charge is 0.497 e. The molecule has 1 aromatic heterocycles. The number of guanidine groups is 1. The van der Waals surface area contributed by atoms with Gasteiger partial charge in [0.15, 0.2) is 5.96 Å². The molecular formula is C18H25IN4O2. The molecule has 6 nitrogen and oxygen atoms in total. The highest BCUT2D eigenvalue weighted by atomic mass is 127. The van der Waals surface area contributed by atoms with Crippen molar-refractivity contribution in [2.75, 3.05) is 28.3 Å². The van der Waals surface area contributed by atoms with Crippen molar-refractivity contribution in [1.29, 1.82) is 0 Å². The first-order valence-electron chi connectivity index (χ1n) is 7.70. The molecule has 136 valence electrons. The van der Waals surface area contributed by atoms with E-state index in [0.29, 0.717) is 12.4 Å². The number of halogens is 1. The maximum absolute atomic E-state index is 5.18. The first-order chi connectivity index (χ1) is 11.7. The second-order valence-electron chi connectivity index (χ2n) is 5.31. The SMILES string of the molecule is CN=C(NCc1ccnc(OC)c1)N(C)Cc1ccc(OC)cc1.I. The van der Waals surface area contributed by atoms with Gasteiger partial charge < -0.3 is 19.7 Å².